The van der Waals surface area contributed by atoms with Gasteiger partial charge in [-0.1, -0.05) is 29.8 Å². The van der Waals surface area contributed by atoms with Gasteiger partial charge in [0.15, 0.2) is 5.69 Å². The molecule has 1 heterocycles. The molecule has 0 aliphatic heterocycles. The summed E-state index contributed by atoms with van der Waals surface area (Å²) >= 11 is 6.19. The number of rotatable bonds is 3. The van der Waals surface area contributed by atoms with E-state index in [2.05, 4.69) is 9.97 Å². The van der Waals surface area contributed by atoms with Crippen LogP contribution in [-0.4, -0.2) is 23.0 Å². The predicted molar refractivity (Wildman–Crippen MR) is 75.8 cm³/mol. The van der Waals surface area contributed by atoms with Crippen molar-refractivity contribution in [1.29, 1.82) is 0 Å². The van der Waals surface area contributed by atoms with Crippen molar-refractivity contribution in [2.45, 2.75) is 18.8 Å². The van der Waals surface area contributed by atoms with Gasteiger partial charge in [0.1, 0.15) is 5.82 Å². The molecule has 0 unspecified atom stereocenters. The molecule has 3 rings (SSSR count). The van der Waals surface area contributed by atoms with Crippen LogP contribution >= 0.6 is 11.6 Å². The lowest BCUT2D eigenvalue weighted by molar-refractivity contribution is 0.0594. The summed E-state index contributed by atoms with van der Waals surface area (Å²) < 4.78 is 4.82. The highest BCUT2D eigenvalue weighted by molar-refractivity contribution is 6.33. The lowest BCUT2D eigenvalue weighted by Gasteiger charge is -2.10. The largest absolute Gasteiger partial charge is 0.464 e. The van der Waals surface area contributed by atoms with Crippen molar-refractivity contribution in [2.75, 3.05) is 7.11 Å². The highest BCUT2D eigenvalue weighted by Gasteiger charge is 2.29. The molecule has 1 saturated carbocycles. The van der Waals surface area contributed by atoms with Gasteiger partial charge in [-0.25, -0.2) is 14.8 Å². The summed E-state index contributed by atoms with van der Waals surface area (Å²) in [6, 6.07) is 7.30. The molecule has 0 spiro atoms. The SMILES string of the molecule is COC(=O)c1nc(C2CC2)ncc1-c1ccccc1Cl. The molecule has 0 atom stereocenters. The first-order valence-electron chi connectivity index (χ1n) is 6.41. The number of nitrogens with zero attached hydrogens (tertiary/aromatic N) is 2. The second-order valence-corrected chi connectivity index (χ2v) is 5.14. The molecule has 0 amide bonds. The van der Waals surface area contributed by atoms with E-state index in [9.17, 15) is 4.79 Å². The minimum atomic E-state index is -0.468. The minimum absolute atomic E-state index is 0.275. The van der Waals surface area contributed by atoms with Crippen LogP contribution in [0, 0.1) is 0 Å². The Labute approximate surface area is 121 Å². The molecule has 0 radical (unpaired) electrons. The van der Waals surface area contributed by atoms with E-state index >= 15 is 0 Å². The van der Waals surface area contributed by atoms with E-state index in [1.54, 1.807) is 12.3 Å². The number of esters is 1. The highest BCUT2D eigenvalue weighted by Crippen LogP contribution is 2.39. The first kappa shape index (κ1) is 13.1. The van der Waals surface area contributed by atoms with E-state index in [0.717, 1.165) is 18.4 Å². The van der Waals surface area contributed by atoms with Crippen molar-refractivity contribution < 1.29 is 9.53 Å². The van der Waals surface area contributed by atoms with E-state index in [1.807, 2.05) is 18.2 Å². The number of carbonyl (C=O) groups excluding carboxylic acids is 1. The summed E-state index contributed by atoms with van der Waals surface area (Å²) in [6.45, 7) is 0. The summed E-state index contributed by atoms with van der Waals surface area (Å²) in [5.41, 5.74) is 1.61. The van der Waals surface area contributed by atoms with Crippen LogP contribution in [0.4, 0.5) is 0 Å². The Morgan fingerprint density at radius 2 is 2.05 bits per heavy atom. The van der Waals surface area contributed by atoms with Crippen molar-refractivity contribution in [3.05, 3.63) is 47.0 Å². The summed E-state index contributed by atoms with van der Waals surface area (Å²) in [5, 5.41) is 0.556. The molecule has 0 bridgehead atoms. The molecular formula is C15H13ClN2O2. The number of halogens is 1. The van der Waals surface area contributed by atoms with Gasteiger partial charge >= 0.3 is 5.97 Å². The molecule has 1 aliphatic rings. The van der Waals surface area contributed by atoms with Crippen LogP contribution in [-0.2, 0) is 4.74 Å². The van der Waals surface area contributed by atoms with Gasteiger partial charge in [0.05, 0.1) is 7.11 Å². The number of hydrogen-bond donors (Lipinski definition) is 0. The predicted octanol–water partition coefficient (Wildman–Crippen LogP) is 3.46. The van der Waals surface area contributed by atoms with Crippen LogP contribution in [0.3, 0.4) is 0 Å². The van der Waals surface area contributed by atoms with Gasteiger partial charge in [0.25, 0.3) is 0 Å². The molecule has 2 aromatic rings. The maximum atomic E-state index is 12.0. The maximum absolute atomic E-state index is 12.0. The number of carbonyl (C=O) groups is 1. The fourth-order valence-corrected chi connectivity index (χ4v) is 2.30. The zero-order valence-electron chi connectivity index (χ0n) is 11.0. The summed E-state index contributed by atoms with van der Waals surface area (Å²) in [5.74, 6) is 0.615. The number of methoxy groups -OCH3 is 1. The van der Waals surface area contributed by atoms with E-state index in [0.29, 0.717) is 22.3 Å². The van der Waals surface area contributed by atoms with Gasteiger partial charge in [-0.05, 0) is 18.9 Å². The van der Waals surface area contributed by atoms with Crippen LogP contribution in [0.25, 0.3) is 11.1 Å². The van der Waals surface area contributed by atoms with Crippen LogP contribution in [0.1, 0.15) is 35.1 Å². The monoisotopic (exact) mass is 288 g/mol. The molecule has 0 N–H and O–H groups in total. The van der Waals surface area contributed by atoms with Crippen LogP contribution < -0.4 is 0 Å². The van der Waals surface area contributed by atoms with Gasteiger partial charge in [-0.3, -0.25) is 0 Å². The van der Waals surface area contributed by atoms with Gasteiger partial charge in [0, 0.05) is 28.3 Å². The fraction of sp³-hybridized carbons (Fsp3) is 0.267. The van der Waals surface area contributed by atoms with Crippen molar-refractivity contribution >= 4 is 17.6 Å². The summed E-state index contributed by atoms with van der Waals surface area (Å²) in [6.07, 6.45) is 3.81. The summed E-state index contributed by atoms with van der Waals surface area (Å²) in [7, 11) is 1.34. The smallest absolute Gasteiger partial charge is 0.357 e. The molecule has 0 saturated heterocycles. The Morgan fingerprint density at radius 1 is 1.30 bits per heavy atom. The number of aromatic nitrogens is 2. The van der Waals surface area contributed by atoms with Gasteiger partial charge in [0.2, 0.25) is 0 Å². The zero-order valence-corrected chi connectivity index (χ0v) is 11.7. The standard InChI is InChI=1S/C15H13ClN2O2/c1-20-15(19)13-11(10-4-2-3-5-12(10)16)8-17-14(18-13)9-6-7-9/h2-5,8-9H,6-7H2,1H3. The molecular weight excluding hydrogens is 276 g/mol. The fourth-order valence-electron chi connectivity index (χ4n) is 2.06. The third kappa shape index (κ3) is 2.39. The Morgan fingerprint density at radius 3 is 2.70 bits per heavy atom. The number of ether oxygens (including phenoxy) is 1. The second kappa shape index (κ2) is 5.21. The lowest BCUT2D eigenvalue weighted by Crippen LogP contribution is -2.10. The Bertz CT molecular complexity index is 669. The normalized spacial score (nSPS) is 14.1. The second-order valence-electron chi connectivity index (χ2n) is 4.74. The molecule has 5 heteroatoms. The third-order valence-corrected chi connectivity index (χ3v) is 3.62. The molecule has 1 aromatic carbocycles. The Hall–Kier alpha value is -1.94. The quantitative estimate of drug-likeness (QED) is 0.812. The summed E-state index contributed by atoms with van der Waals surface area (Å²) in [4.78, 5) is 20.7. The molecule has 102 valence electrons. The molecule has 4 nitrogen and oxygen atoms in total. The van der Waals surface area contributed by atoms with Gasteiger partial charge in [-0.15, -0.1) is 0 Å². The van der Waals surface area contributed by atoms with Crippen LogP contribution in [0.2, 0.25) is 5.02 Å². The van der Waals surface area contributed by atoms with Gasteiger partial charge in [-0.2, -0.15) is 0 Å². The molecule has 1 aliphatic carbocycles. The lowest BCUT2D eigenvalue weighted by atomic mass is 10.1. The van der Waals surface area contributed by atoms with E-state index in [-0.39, 0.29) is 5.69 Å². The number of hydrogen-bond acceptors (Lipinski definition) is 4. The first-order valence-corrected chi connectivity index (χ1v) is 6.78. The molecule has 1 fully saturated rings. The molecule has 1 aromatic heterocycles. The first-order chi connectivity index (χ1) is 9.70. The zero-order chi connectivity index (χ0) is 14.1. The van der Waals surface area contributed by atoms with E-state index in [4.69, 9.17) is 16.3 Å². The van der Waals surface area contributed by atoms with Crippen LogP contribution in [0.15, 0.2) is 30.5 Å². The topological polar surface area (TPSA) is 52.1 Å². The van der Waals surface area contributed by atoms with E-state index in [1.165, 1.54) is 7.11 Å². The van der Waals surface area contributed by atoms with E-state index < -0.39 is 5.97 Å². The van der Waals surface area contributed by atoms with Crippen molar-refractivity contribution in [1.82, 2.24) is 9.97 Å². The maximum Gasteiger partial charge on any atom is 0.357 e. The average molecular weight is 289 g/mol. The third-order valence-electron chi connectivity index (χ3n) is 3.29. The molecule has 20 heavy (non-hydrogen) atoms. The van der Waals surface area contributed by atoms with Crippen LogP contribution in [0.5, 0.6) is 0 Å². The Kier molecular flexibility index (Phi) is 3.40. The van der Waals surface area contributed by atoms with Crippen molar-refractivity contribution in [3.63, 3.8) is 0 Å². The minimum Gasteiger partial charge on any atom is -0.464 e. The Balaban J connectivity index is 2.14. The van der Waals surface area contributed by atoms with Gasteiger partial charge < -0.3 is 4.74 Å². The van der Waals surface area contributed by atoms with Crippen molar-refractivity contribution in [2.24, 2.45) is 0 Å². The average Bonchev–Trinajstić information content (AvgIpc) is 3.31. The van der Waals surface area contributed by atoms with Crippen molar-refractivity contribution in [3.8, 4) is 11.1 Å². The highest BCUT2D eigenvalue weighted by atomic mass is 35.5. The number of benzene rings is 1.